The van der Waals surface area contributed by atoms with Crippen LogP contribution in [-0.4, -0.2) is 94.1 Å². The van der Waals surface area contributed by atoms with Crippen molar-refractivity contribution in [2.24, 2.45) is 0 Å². The van der Waals surface area contributed by atoms with E-state index in [4.69, 9.17) is 14.9 Å². The van der Waals surface area contributed by atoms with Crippen LogP contribution in [0.1, 0.15) is 33.2 Å². The third kappa shape index (κ3) is 6.78. The maximum absolute atomic E-state index is 13.9. The number of aromatic nitrogens is 2. The van der Waals surface area contributed by atoms with Crippen molar-refractivity contribution < 1.29 is 43.3 Å². The van der Waals surface area contributed by atoms with Crippen LogP contribution >= 0.6 is 0 Å². The van der Waals surface area contributed by atoms with Crippen molar-refractivity contribution in [3.63, 3.8) is 0 Å². The van der Waals surface area contributed by atoms with Crippen molar-refractivity contribution in [3.05, 3.63) is 71.1 Å². The molecule has 3 aromatic rings. The number of amides is 2. The molecule has 1 fully saturated rings. The summed E-state index contributed by atoms with van der Waals surface area (Å²) in [5.74, 6) is -3.01. The number of piperazine rings is 1. The quantitative estimate of drug-likeness (QED) is 0.276. The minimum absolute atomic E-state index is 0.198. The molecule has 0 bridgehead atoms. The van der Waals surface area contributed by atoms with E-state index in [0.717, 1.165) is 29.9 Å². The van der Waals surface area contributed by atoms with Gasteiger partial charge in [0.25, 0.3) is 11.8 Å². The highest BCUT2D eigenvalue weighted by atomic mass is 19.1. The lowest BCUT2D eigenvalue weighted by Crippen LogP contribution is -2.47. The normalized spacial score (nSPS) is 14.9. The van der Waals surface area contributed by atoms with Gasteiger partial charge in [-0.15, -0.1) is 5.10 Å². The molecule has 42 heavy (non-hydrogen) atoms. The second-order valence-electron chi connectivity index (χ2n) is 9.31. The molecular weight excluding hydrogens is 553 g/mol. The Kier molecular flexibility index (Phi) is 9.27. The van der Waals surface area contributed by atoms with Gasteiger partial charge in [-0.25, -0.2) is 18.8 Å². The lowest BCUT2D eigenvalue weighted by atomic mass is 10.00. The molecule has 0 unspecified atom stereocenters. The summed E-state index contributed by atoms with van der Waals surface area (Å²) >= 11 is 0. The third-order valence-electron chi connectivity index (χ3n) is 6.65. The first-order chi connectivity index (χ1) is 20.1. The molecule has 2 aliphatic heterocycles. The lowest BCUT2D eigenvalue weighted by molar-refractivity contribution is -0.134. The van der Waals surface area contributed by atoms with Crippen LogP contribution in [0.2, 0.25) is 0 Å². The van der Waals surface area contributed by atoms with E-state index in [1.54, 1.807) is 25.1 Å². The van der Waals surface area contributed by atoms with Crippen LogP contribution in [0, 0.1) is 5.82 Å². The Labute approximate surface area is 238 Å². The van der Waals surface area contributed by atoms with Crippen LogP contribution in [-0.2, 0) is 20.7 Å². The van der Waals surface area contributed by atoms with Crippen LogP contribution in [0.4, 0.5) is 15.0 Å². The summed E-state index contributed by atoms with van der Waals surface area (Å²) in [7, 11) is 0. The summed E-state index contributed by atoms with van der Waals surface area (Å²) in [6, 6.07) is 9.65. The van der Waals surface area contributed by atoms with Crippen LogP contribution in [0.5, 0.6) is 0 Å². The summed E-state index contributed by atoms with van der Waals surface area (Å²) in [5.41, 5.74) is 2.16. The van der Waals surface area contributed by atoms with E-state index in [9.17, 15) is 28.4 Å². The number of carboxylic acid groups (broad SMARTS) is 2. The van der Waals surface area contributed by atoms with Crippen molar-refractivity contribution in [1.82, 2.24) is 20.0 Å². The zero-order valence-corrected chi connectivity index (χ0v) is 22.6. The number of carbonyl (C=O) groups is 5. The molecule has 1 aromatic heterocycles. The Bertz CT molecular complexity index is 1560. The number of fused-ring (bicyclic) bond motifs is 2. The van der Waals surface area contributed by atoms with Crippen LogP contribution in [0.15, 0.2) is 48.6 Å². The average Bonchev–Trinajstić information content (AvgIpc) is 3.48. The van der Waals surface area contributed by atoms with E-state index in [2.05, 4.69) is 20.2 Å². The number of nitrogens with zero attached hydrogens (tertiary/aromatic N) is 4. The molecule has 0 aliphatic carbocycles. The summed E-state index contributed by atoms with van der Waals surface area (Å²) in [6.45, 7) is 5.53. The van der Waals surface area contributed by atoms with Crippen molar-refractivity contribution in [2.45, 2.75) is 13.3 Å². The first-order valence-corrected chi connectivity index (χ1v) is 13.0. The highest BCUT2D eigenvalue weighted by molar-refractivity contribution is 6.22. The molecule has 2 aromatic carbocycles. The minimum Gasteiger partial charge on any atom is -0.478 e. The first kappa shape index (κ1) is 29.9. The van der Waals surface area contributed by atoms with Crippen molar-refractivity contribution in [2.75, 3.05) is 44.2 Å². The standard InChI is InChI=1S/C24H24FN5O4.C4H4O4/c1-2-34-24(33)30-19-14-16(25)6-7-17(19)21(27-30)29-12-10-28(11-13-29)9-8-15-4-3-5-18-20(15)23(32)26-22(18)31;5-3(6)1-2-4(7)8/h3-7,14H,2,8-13H2,1H3,(H,26,31,32);1-2H,(H,5,6)(H,7,8)/b;2-1-. The number of nitrogens with one attached hydrogen (secondary N) is 1. The van der Waals surface area contributed by atoms with Crippen LogP contribution in [0.3, 0.4) is 0 Å². The summed E-state index contributed by atoms with van der Waals surface area (Å²) in [6.07, 6.45) is 1.13. The Hall–Kier alpha value is -5.11. The molecule has 14 heteroatoms. The average molecular weight is 582 g/mol. The smallest absolute Gasteiger partial charge is 0.435 e. The van der Waals surface area contributed by atoms with E-state index in [0.29, 0.717) is 59.5 Å². The van der Waals surface area contributed by atoms with Gasteiger partial charge in [-0.05, 0) is 37.1 Å². The van der Waals surface area contributed by atoms with Gasteiger partial charge in [-0.1, -0.05) is 12.1 Å². The molecule has 2 amide bonds. The van der Waals surface area contributed by atoms with Gasteiger partial charge < -0.3 is 19.8 Å². The van der Waals surface area contributed by atoms with Gasteiger partial charge in [0.2, 0.25) is 0 Å². The fourth-order valence-electron chi connectivity index (χ4n) is 4.73. The highest BCUT2D eigenvalue weighted by Gasteiger charge is 2.29. The van der Waals surface area contributed by atoms with Gasteiger partial charge in [-0.3, -0.25) is 19.8 Å². The fraction of sp³-hybridized carbons (Fsp3) is 0.286. The number of imide groups is 1. The molecule has 3 N–H and O–H groups in total. The molecule has 0 radical (unpaired) electrons. The summed E-state index contributed by atoms with van der Waals surface area (Å²) in [5, 5.41) is 23.1. The minimum atomic E-state index is -1.26. The molecule has 1 saturated heterocycles. The SMILES string of the molecule is CCOC(=O)n1nc(N2CCN(CCc3cccc4c3C(=O)NC4=O)CC2)c2ccc(F)cc21.O=C(O)/C=C\C(=O)O. The van der Waals surface area contributed by atoms with Gasteiger partial charge in [0.15, 0.2) is 5.82 Å². The number of halogens is 1. The predicted molar refractivity (Wildman–Crippen MR) is 147 cm³/mol. The lowest BCUT2D eigenvalue weighted by Gasteiger charge is -2.35. The molecule has 0 saturated carbocycles. The zero-order chi connectivity index (χ0) is 30.4. The maximum Gasteiger partial charge on any atom is 0.435 e. The number of carbonyl (C=O) groups excluding carboxylic acids is 3. The number of ether oxygens (including phenoxy) is 1. The number of anilines is 1. The topological polar surface area (TPSA) is 171 Å². The van der Waals surface area contributed by atoms with Gasteiger partial charge in [0, 0.05) is 56.3 Å². The third-order valence-corrected chi connectivity index (χ3v) is 6.65. The Balaban J connectivity index is 0.000000446. The number of benzene rings is 2. The van der Waals surface area contributed by atoms with E-state index >= 15 is 0 Å². The first-order valence-electron chi connectivity index (χ1n) is 13.0. The number of hydrogen-bond acceptors (Lipinski definition) is 9. The Morgan fingerprint density at radius 2 is 1.71 bits per heavy atom. The van der Waals surface area contributed by atoms with Gasteiger partial charge in [0.05, 0.1) is 23.3 Å². The van der Waals surface area contributed by atoms with E-state index in [-0.39, 0.29) is 18.4 Å². The van der Waals surface area contributed by atoms with Gasteiger partial charge in [0.1, 0.15) is 5.82 Å². The van der Waals surface area contributed by atoms with Gasteiger partial charge in [-0.2, -0.15) is 4.68 Å². The molecular formula is C28H28FN5O8. The zero-order valence-electron chi connectivity index (χ0n) is 22.6. The number of hydrogen-bond donors (Lipinski definition) is 3. The monoisotopic (exact) mass is 581 g/mol. The molecule has 2 aliphatic rings. The van der Waals surface area contributed by atoms with Crippen molar-refractivity contribution in [1.29, 1.82) is 0 Å². The molecule has 0 spiro atoms. The molecule has 220 valence electrons. The van der Waals surface area contributed by atoms with E-state index in [1.165, 1.54) is 12.1 Å². The van der Waals surface area contributed by atoms with E-state index < -0.39 is 23.8 Å². The van der Waals surface area contributed by atoms with Crippen LogP contribution < -0.4 is 10.2 Å². The number of carboxylic acids is 2. The molecule has 5 rings (SSSR count). The van der Waals surface area contributed by atoms with Crippen LogP contribution in [0.25, 0.3) is 10.9 Å². The van der Waals surface area contributed by atoms with Crippen molar-refractivity contribution in [3.8, 4) is 0 Å². The molecule has 3 heterocycles. The maximum atomic E-state index is 13.9. The fourth-order valence-corrected chi connectivity index (χ4v) is 4.73. The largest absolute Gasteiger partial charge is 0.478 e. The Morgan fingerprint density at radius 3 is 2.36 bits per heavy atom. The summed E-state index contributed by atoms with van der Waals surface area (Å²) < 4.78 is 20.1. The van der Waals surface area contributed by atoms with Gasteiger partial charge >= 0.3 is 18.0 Å². The molecule has 13 nitrogen and oxygen atoms in total. The second-order valence-corrected chi connectivity index (χ2v) is 9.31. The van der Waals surface area contributed by atoms with Crippen molar-refractivity contribution >= 4 is 46.6 Å². The Morgan fingerprint density at radius 1 is 1.02 bits per heavy atom. The number of aliphatic carboxylic acids is 2. The highest BCUT2D eigenvalue weighted by Crippen LogP contribution is 2.28. The second kappa shape index (κ2) is 13.0. The van der Waals surface area contributed by atoms with E-state index in [1.807, 2.05) is 6.07 Å². The predicted octanol–water partition coefficient (Wildman–Crippen LogP) is 2.14. The summed E-state index contributed by atoms with van der Waals surface area (Å²) in [4.78, 5) is 59.9. The number of rotatable bonds is 7. The molecule has 0 atom stereocenters.